The van der Waals surface area contributed by atoms with Crippen molar-refractivity contribution in [2.45, 2.75) is 112 Å². The van der Waals surface area contributed by atoms with E-state index in [0.717, 1.165) is 29.6 Å². The van der Waals surface area contributed by atoms with Crippen LogP contribution in [0, 0.1) is 40.4 Å². The van der Waals surface area contributed by atoms with Crippen LogP contribution < -0.4 is 0 Å². The molecule has 140 valence electrons. The largest absolute Gasteiger partial charge is 0.0654 e. The van der Waals surface area contributed by atoms with Gasteiger partial charge in [0, 0.05) is 0 Å². The summed E-state index contributed by atoms with van der Waals surface area (Å²) in [5, 5.41) is 0. The number of hydrogen-bond acceptors (Lipinski definition) is 0. The zero-order chi connectivity index (χ0) is 17.4. The predicted octanol–water partition coefficient (Wildman–Crippen LogP) is 7.86. The Morgan fingerprint density at radius 1 is 0.708 bits per heavy atom. The van der Waals surface area contributed by atoms with Gasteiger partial charge >= 0.3 is 0 Å². The molecule has 0 saturated heterocycles. The van der Waals surface area contributed by atoms with Gasteiger partial charge in [0.25, 0.3) is 0 Å². The lowest BCUT2D eigenvalue weighted by Crippen LogP contribution is -2.48. The van der Waals surface area contributed by atoms with Crippen molar-refractivity contribution in [3.63, 3.8) is 0 Å². The van der Waals surface area contributed by atoms with Crippen molar-refractivity contribution in [3.8, 4) is 0 Å². The van der Waals surface area contributed by atoms with E-state index in [1.54, 1.807) is 25.7 Å². The summed E-state index contributed by atoms with van der Waals surface area (Å²) in [6, 6.07) is 0. The third-order valence-corrected chi connectivity index (χ3v) is 9.44. The standard InChI is InChI=1S/C24H44/c1-6-16-24(5)18(2)11-9-14-21-19-12-7-8-13-20(19)22(21)15-10-17-23(24,3)4/h18-22H,6-17H2,1-5H3/t18-,19?,20?,21?,22+,24?/m1/s1. The lowest BCUT2D eigenvalue weighted by molar-refractivity contribution is -0.0643. The first kappa shape index (κ1) is 18.8. The number of hydrogen-bond donors (Lipinski definition) is 0. The molecule has 3 rings (SSSR count). The average molecular weight is 333 g/mol. The first-order valence-electron chi connectivity index (χ1n) is 11.4. The maximum Gasteiger partial charge on any atom is -0.0249 e. The summed E-state index contributed by atoms with van der Waals surface area (Å²) in [5.74, 6) is 5.37. The lowest BCUT2D eigenvalue weighted by Gasteiger charge is -2.56. The smallest absolute Gasteiger partial charge is 0.0249 e. The van der Waals surface area contributed by atoms with Crippen molar-refractivity contribution in [2.24, 2.45) is 40.4 Å². The Hall–Kier alpha value is 0. The predicted molar refractivity (Wildman–Crippen MR) is 106 cm³/mol. The third kappa shape index (κ3) is 3.21. The van der Waals surface area contributed by atoms with E-state index in [1.165, 1.54) is 51.4 Å². The summed E-state index contributed by atoms with van der Waals surface area (Å²) in [6.07, 6.45) is 18.0. The summed E-state index contributed by atoms with van der Waals surface area (Å²) in [4.78, 5) is 0. The third-order valence-electron chi connectivity index (χ3n) is 9.44. The molecule has 0 aromatic heterocycles. The van der Waals surface area contributed by atoms with Crippen molar-refractivity contribution < 1.29 is 0 Å². The van der Waals surface area contributed by atoms with Crippen molar-refractivity contribution in [2.75, 3.05) is 0 Å². The van der Waals surface area contributed by atoms with Crippen LogP contribution in [0.15, 0.2) is 0 Å². The van der Waals surface area contributed by atoms with Crippen molar-refractivity contribution in [1.29, 1.82) is 0 Å². The Morgan fingerprint density at radius 3 is 1.75 bits per heavy atom. The summed E-state index contributed by atoms with van der Waals surface area (Å²) in [7, 11) is 0. The van der Waals surface area contributed by atoms with E-state index in [1.807, 2.05) is 0 Å². The van der Waals surface area contributed by atoms with Crippen LogP contribution in [-0.4, -0.2) is 0 Å². The molecule has 0 N–H and O–H groups in total. The quantitative estimate of drug-likeness (QED) is 0.482. The molecule has 0 aliphatic heterocycles. The molecule has 0 spiro atoms. The molecule has 0 radical (unpaired) electrons. The first-order chi connectivity index (χ1) is 11.4. The highest BCUT2D eigenvalue weighted by molar-refractivity contribution is 5.00. The number of fused-ring (bicyclic) bond motifs is 4. The molecule has 3 saturated carbocycles. The SMILES string of the molecule is CCCC1(C)[C@H](C)CCCC2C3CCCCC3[C@@H]2CCCC1(C)C. The van der Waals surface area contributed by atoms with Gasteiger partial charge in [-0.1, -0.05) is 73.1 Å². The van der Waals surface area contributed by atoms with Gasteiger partial charge in [0.15, 0.2) is 0 Å². The molecule has 3 aliphatic rings. The van der Waals surface area contributed by atoms with Crippen LogP contribution in [-0.2, 0) is 0 Å². The van der Waals surface area contributed by atoms with E-state index >= 15 is 0 Å². The first-order valence-corrected chi connectivity index (χ1v) is 11.4. The van der Waals surface area contributed by atoms with Gasteiger partial charge in [0.1, 0.15) is 0 Å². The van der Waals surface area contributed by atoms with Gasteiger partial charge in [0.2, 0.25) is 0 Å². The minimum absolute atomic E-state index is 0.498. The van der Waals surface area contributed by atoms with Crippen LogP contribution in [0.4, 0.5) is 0 Å². The molecule has 0 amide bonds. The molecule has 0 heteroatoms. The van der Waals surface area contributed by atoms with Gasteiger partial charge < -0.3 is 0 Å². The molecule has 0 heterocycles. The molecule has 24 heavy (non-hydrogen) atoms. The number of rotatable bonds is 2. The van der Waals surface area contributed by atoms with E-state index < -0.39 is 0 Å². The van der Waals surface area contributed by atoms with E-state index in [2.05, 4.69) is 34.6 Å². The molecular formula is C24H44. The van der Waals surface area contributed by atoms with E-state index in [9.17, 15) is 0 Å². The van der Waals surface area contributed by atoms with Gasteiger partial charge in [-0.2, -0.15) is 0 Å². The fourth-order valence-corrected chi connectivity index (χ4v) is 7.41. The molecule has 6 atom stereocenters. The Bertz CT molecular complexity index is 408. The van der Waals surface area contributed by atoms with Crippen LogP contribution in [0.25, 0.3) is 0 Å². The van der Waals surface area contributed by atoms with Crippen LogP contribution in [0.5, 0.6) is 0 Å². The van der Waals surface area contributed by atoms with Gasteiger partial charge in [-0.3, -0.25) is 0 Å². The molecule has 3 aliphatic carbocycles. The zero-order valence-corrected chi connectivity index (χ0v) is 17.4. The Labute approximate surface area is 152 Å². The highest BCUT2D eigenvalue weighted by atomic mass is 14.6. The van der Waals surface area contributed by atoms with Crippen LogP contribution in [0.3, 0.4) is 0 Å². The van der Waals surface area contributed by atoms with E-state index in [4.69, 9.17) is 0 Å². The highest BCUT2D eigenvalue weighted by Crippen LogP contribution is 2.59. The normalized spacial score (nSPS) is 46.1. The van der Waals surface area contributed by atoms with E-state index in [0.29, 0.717) is 10.8 Å². The summed E-state index contributed by atoms with van der Waals surface area (Å²) < 4.78 is 0. The average Bonchev–Trinajstić information content (AvgIpc) is 2.55. The molecule has 0 nitrogen and oxygen atoms in total. The van der Waals surface area contributed by atoms with Gasteiger partial charge in [-0.05, 0) is 78.9 Å². The van der Waals surface area contributed by atoms with Crippen LogP contribution in [0.1, 0.15) is 112 Å². The molecule has 0 aromatic carbocycles. The second-order valence-corrected chi connectivity index (χ2v) is 10.7. The van der Waals surface area contributed by atoms with Crippen molar-refractivity contribution in [1.82, 2.24) is 0 Å². The minimum atomic E-state index is 0.498. The summed E-state index contributed by atoms with van der Waals surface area (Å²) in [6.45, 7) is 12.8. The topological polar surface area (TPSA) is 0 Å². The fourth-order valence-electron chi connectivity index (χ4n) is 7.41. The summed E-state index contributed by atoms with van der Waals surface area (Å²) in [5.41, 5.74) is 1.02. The molecule has 0 aromatic rings. The monoisotopic (exact) mass is 332 g/mol. The molecule has 0 bridgehead atoms. The Kier molecular flexibility index (Phi) is 5.73. The van der Waals surface area contributed by atoms with Gasteiger partial charge in [0.05, 0.1) is 0 Å². The van der Waals surface area contributed by atoms with Gasteiger partial charge in [-0.15, -0.1) is 0 Å². The molecular weight excluding hydrogens is 288 g/mol. The minimum Gasteiger partial charge on any atom is -0.0654 e. The second-order valence-electron chi connectivity index (χ2n) is 10.7. The van der Waals surface area contributed by atoms with Crippen molar-refractivity contribution >= 4 is 0 Å². The fraction of sp³-hybridized carbons (Fsp3) is 1.00. The van der Waals surface area contributed by atoms with Crippen LogP contribution >= 0.6 is 0 Å². The summed E-state index contributed by atoms with van der Waals surface area (Å²) >= 11 is 0. The zero-order valence-electron chi connectivity index (χ0n) is 17.4. The Balaban J connectivity index is 1.74. The second kappa shape index (κ2) is 7.32. The highest BCUT2D eigenvalue weighted by Gasteiger charge is 2.50. The molecule has 3 fully saturated rings. The maximum atomic E-state index is 2.63. The maximum absolute atomic E-state index is 2.63. The lowest BCUT2D eigenvalue weighted by atomic mass is 9.50. The van der Waals surface area contributed by atoms with E-state index in [-0.39, 0.29) is 0 Å². The molecule has 4 unspecified atom stereocenters. The Morgan fingerprint density at radius 2 is 1.21 bits per heavy atom. The van der Waals surface area contributed by atoms with Crippen LogP contribution in [0.2, 0.25) is 0 Å². The van der Waals surface area contributed by atoms with Gasteiger partial charge in [-0.25, -0.2) is 0 Å². The van der Waals surface area contributed by atoms with Crippen molar-refractivity contribution in [3.05, 3.63) is 0 Å².